The highest BCUT2D eigenvalue weighted by molar-refractivity contribution is 5.98. The molecule has 6 nitrogen and oxygen atoms in total. The summed E-state index contributed by atoms with van der Waals surface area (Å²) < 4.78 is 5.18. The van der Waals surface area contributed by atoms with Crippen LogP contribution >= 0.6 is 0 Å². The Morgan fingerprint density at radius 1 is 1.47 bits per heavy atom. The van der Waals surface area contributed by atoms with Crippen LogP contribution in [0.5, 0.6) is 5.75 Å². The second-order valence-corrected chi connectivity index (χ2v) is 4.83. The number of carbonyl (C=O) groups is 2. The first-order valence-electron chi connectivity index (χ1n) is 6.07. The average molecular weight is 262 g/mol. The molecule has 100 valence electrons. The second kappa shape index (κ2) is 4.15. The van der Waals surface area contributed by atoms with Crippen LogP contribution in [0.25, 0.3) is 0 Å². The Morgan fingerprint density at radius 3 is 2.95 bits per heavy atom. The maximum Gasteiger partial charge on any atom is 0.407 e. The van der Waals surface area contributed by atoms with Gasteiger partial charge in [-0.1, -0.05) is 0 Å². The number of benzene rings is 1. The van der Waals surface area contributed by atoms with Crippen molar-refractivity contribution in [2.75, 3.05) is 20.2 Å². The van der Waals surface area contributed by atoms with Gasteiger partial charge in [0.2, 0.25) is 0 Å². The fraction of sp³-hybridized carbons (Fsp3) is 0.385. The maximum absolute atomic E-state index is 12.0. The molecule has 1 aromatic rings. The quantitative estimate of drug-likeness (QED) is 0.787. The third kappa shape index (κ3) is 1.80. The normalized spacial score (nSPS) is 24.5. The van der Waals surface area contributed by atoms with Gasteiger partial charge in [0.05, 0.1) is 13.2 Å². The molecule has 0 aromatic heterocycles. The average Bonchev–Trinajstić information content (AvgIpc) is 2.82. The molecule has 1 saturated heterocycles. The summed E-state index contributed by atoms with van der Waals surface area (Å²) >= 11 is 0. The van der Waals surface area contributed by atoms with Crippen molar-refractivity contribution in [2.24, 2.45) is 0 Å². The monoisotopic (exact) mass is 262 g/mol. The van der Waals surface area contributed by atoms with E-state index < -0.39 is 6.09 Å². The van der Waals surface area contributed by atoms with E-state index in [0.717, 1.165) is 5.56 Å². The van der Waals surface area contributed by atoms with Crippen LogP contribution < -0.4 is 10.1 Å². The summed E-state index contributed by atoms with van der Waals surface area (Å²) in [5, 5.41) is 11.9. The standard InChI is InChI=1S/C13H14N2O4/c1-19-7-2-3-8-9(4-7)10-5-15(13(17)18)6-11(10)14-12(8)16/h2-4,10-11H,5-6H2,1H3,(H,14,16)(H,17,18). The third-order valence-electron chi connectivity index (χ3n) is 3.81. The molecule has 2 N–H and O–H groups in total. The van der Waals surface area contributed by atoms with Crippen LogP contribution in [0.3, 0.4) is 0 Å². The Morgan fingerprint density at radius 2 is 2.26 bits per heavy atom. The minimum Gasteiger partial charge on any atom is -0.497 e. The number of rotatable bonds is 1. The number of methoxy groups -OCH3 is 1. The number of nitrogens with one attached hydrogen (secondary N) is 1. The predicted octanol–water partition coefficient (Wildman–Crippen LogP) is 0.884. The number of amides is 2. The van der Waals surface area contributed by atoms with Crippen molar-refractivity contribution in [3.05, 3.63) is 29.3 Å². The fourth-order valence-corrected chi connectivity index (χ4v) is 2.85. The molecule has 2 aliphatic rings. The smallest absolute Gasteiger partial charge is 0.407 e. The fourth-order valence-electron chi connectivity index (χ4n) is 2.85. The minimum absolute atomic E-state index is 0.00102. The Balaban J connectivity index is 2.01. The lowest BCUT2D eigenvalue weighted by atomic mass is 9.86. The van der Waals surface area contributed by atoms with Crippen molar-refractivity contribution in [3.8, 4) is 5.75 Å². The summed E-state index contributed by atoms with van der Waals surface area (Å²) in [6, 6.07) is 5.14. The van der Waals surface area contributed by atoms with E-state index in [-0.39, 0.29) is 17.9 Å². The zero-order valence-electron chi connectivity index (χ0n) is 10.4. The molecule has 1 fully saturated rings. The van der Waals surface area contributed by atoms with Gasteiger partial charge >= 0.3 is 6.09 Å². The van der Waals surface area contributed by atoms with E-state index in [2.05, 4.69) is 5.32 Å². The van der Waals surface area contributed by atoms with E-state index in [1.807, 2.05) is 6.07 Å². The number of ether oxygens (including phenoxy) is 1. The molecule has 2 atom stereocenters. The van der Waals surface area contributed by atoms with Crippen molar-refractivity contribution in [2.45, 2.75) is 12.0 Å². The lowest BCUT2D eigenvalue weighted by Crippen LogP contribution is -2.44. The number of nitrogens with zero attached hydrogens (tertiary/aromatic N) is 1. The molecule has 2 unspecified atom stereocenters. The molecule has 3 rings (SSSR count). The summed E-state index contributed by atoms with van der Waals surface area (Å²) in [4.78, 5) is 24.4. The molecule has 0 aliphatic carbocycles. The minimum atomic E-state index is -0.951. The predicted molar refractivity (Wildman–Crippen MR) is 66.6 cm³/mol. The largest absolute Gasteiger partial charge is 0.497 e. The summed E-state index contributed by atoms with van der Waals surface area (Å²) in [7, 11) is 1.57. The molecule has 0 saturated carbocycles. The first-order chi connectivity index (χ1) is 9.10. The van der Waals surface area contributed by atoms with Gasteiger partial charge in [-0.25, -0.2) is 4.79 Å². The first-order valence-corrected chi connectivity index (χ1v) is 6.07. The lowest BCUT2D eigenvalue weighted by Gasteiger charge is -2.27. The van der Waals surface area contributed by atoms with Crippen LogP contribution in [0, 0.1) is 0 Å². The van der Waals surface area contributed by atoms with Gasteiger partial charge in [0.25, 0.3) is 5.91 Å². The number of carbonyl (C=O) groups excluding carboxylic acids is 1. The van der Waals surface area contributed by atoms with Crippen LogP contribution in [-0.4, -0.2) is 48.2 Å². The first kappa shape index (κ1) is 11.8. The number of fused-ring (bicyclic) bond motifs is 3. The van der Waals surface area contributed by atoms with Gasteiger partial charge < -0.3 is 20.1 Å². The Kier molecular flexibility index (Phi) is 2.58. The molecule has 0 bridgehead atoms. The number of hydrogen-bond acceptors (Lipinski definition) is 3. The molecule has 2 amide bonds. The highest BCUT2D eigenvalue weighted by atomic mass is 16.5. The van der Waals surface area contributed by atoms with Crippen molar-refractivity contribution in [1.29, 1.82) is 0 Å². The van der Waals surface area contributed by atoms with Crippen molar-refractivity contribution < 1.29 is 19.4 Å². The zero-order chi connectivity index (χ0) is 13.6. The molecule has 1 aromatic carbocycles. The van der Waals surface area contributed by atoms with Crippen LogP contribution in [0.4, 0.5) is 4.79 Å². The zero-order valence-corrected chi connectivity index (χ0v) is 10.4. The maximum atomic E-state index is 12.0. The van der Waals surface area contributed by atoms with E-state index >= 15 is 0 Å². The van der Waals surface area contributed by atoms with Gasteiger partial charge in [-0.05, 0) is 23.8 Å². The molecule has 0 spiro atoms. The molecule has 19 heavy (non-hydrogen) atoms. The van der Waals surface area contributed by atoms with Gasteiger partial charge in [-0.3, -0.25) is 4.79 Å². The number of carboxylic acid groups (broad SMARTS) is 1. The van der Waals surface area contributed by atoms with E-state index in [4.69, 9.17) is 9.84 Å². The summed E-state index contributed by atoms with van der Waals surface area (Å²) in [5.41, 5.74) is 1.48. The lowest BCUT2D eigenvalue weighted by molar-refractivity contribution is 0.0921. The van der Waals surface area contributed by atoms with Crippen LogP contribution in [-0.2, 0) is 0 Å². The second-order valence-electron chi connectivity index (χ2n) is 4.83. The van der Waals surface area contributed by atoms with Gasteiger partial charge in [0.1, 0.15) is 5.75 Å². The van der Waals surface area contributed by atoms with Crippen molar-refractivity contribution >= 4 is 12.0 Å². The molecule has 0 radical (unpaired) electrons. The van der Waals surface area contributed by atoms with Crippen LogP contribution in [0.1, 0.15) is 21.8 Å². The Bertz CT molecular complexity index is 558. The molecule has 2 heterocycles. The SMILES string of the molecule is COc1ccc2c(c1)C1CN(C(=O)O)CC1NC2=O. The molecule has 2 aliphatic heterocycles. The topological polar surface area (TPSA) is 78.9 Å². The van der Waals surface area contributed by atoms with Gasteiger partial charge in [0, 0.05) is 24.6 Å². The Hall–Kier alpha value is -2.24. The highest BCUT2D eigenvalue weighted by Crippen LogP contribution is 2.35. The van der Waals surface area contributed by atoms with E-state index in [1.54, 1.807) is 19.2 Å². The van der Waals surface area contributed by atoms with E-state index in [9.17, 15) is 9.59 Å². The van der Waals surface area contributed by atoms with E-state index in [1.165, 1.54) is 4.90 Å². The summed E-state index contributed by atoms with van der Waals surface area (Å²) in [6.07, 6.45) is -0.951. The van der Waals surface area contributed by atoms with Gasteiger partial charge in [0.15, 0.2) is 0 Å². The molecular weight excluding hydrogens is 248 g/mol. The van der Waals surface area contributed by atoms with Crippen LogP contribution in [0.15, 0.2) is 18.2 Å². The van der Waals surface area contributed by atoms with Crippen LogP contribution in [0.2, 0.25) is 0 Å². The number of hydrogen-bond donors (Lipinski definition) is 2. The number of likely N-dealkylation sites (tertiary alicyclic amines) is 1. The summed E-state index contributed by atoms with van der Waals surface area (Å²) in [6.45, 7) is 0.739. The third-order valence-corrected chi connectivity index (χ3v) is 3.81. The van der Waals surface area contributed by atoms with E-state index in [0.29, 0.717) is 24.4 Å². The van der Waals surface area contributed by atoms with Gasteiger partial charge in [-0.2, -0.15) is 0 Å². The van der Waals surface area contributed by atoms with Crippen molar-refractivity contribution in [3.63, 3.8) is 0 Å². The Labute approximate surface area is 110 Å². The molecular formula is C13H14N2O4. The van der Waals surface area contributed by atoms with Crippen molar-refractivity contribution in [1.82, 2.24) is 10.2 Å². The summed E-state index contributed by atoms with van der Waals surface area (Å²) in [5.74, 6) is 0.533. The highest BCUT2D eigenvalue weighted by Gasteiger charge is 2.42. The molecule has 6 heteroatoms. The van der Waals surface area contributed by atoms with Gasteiger partial charge in [-0.15, -0.1) is 0 Å².